The van der Waals surface area contributed by atoms with Crippen molar-refractivity contribution in [1.82, 2.24) is 16.2 Å². The Hall–Kier alpha value is -2.15. The van der Waals surface area contributed by atoms with E-state index in [4.69, 9.17) is 17.0 Å². The third kappa shape index (κ3) is 10.3. The van der Waals surface area contributed by atoms with Gasteiger partial charge in [0.25, 0.3) is 5.91 Å². The molecule has 28 heavy (non-hydrogen) atoms. The summed E-state index contributed by atoms with van der Waals surface area (Å²) >= 11 is 5.00. The van der Waals surface area contributed by atoms with Crippen molar-refractivity contribution in [2.24, 2.45) is 0 Å². The van der Waals surface area contributed by atoms with E-state index in [1.165, 1.54) is 18.4 Å². The summed E-state index contributed by atoms with van der Waals surface area (Å²) in [6, 6.07) is 7.72. The number of hydrogen-bond acceptors (Lipinski definition) is 4. The van der Waals surface area contributed by atoms with Gasteiger partial charge in [0.2, 0.25) is 5.91 Å². The summed E-state index contributed by atoms with van der Waals surface area (Å²) in [4.78, 5) is 23.6. The number of thiocarbonyl (C=S) groups is 1. The Balaban J connectivity index is 2.20. The molecule has 0 saturated carbocycles. The molecule has 1 unspecified atom stereocenters. The van der Waals surface area contributed by atoms with E-state index in [2.05, 4.69) is 36.9 Å². The van der Waals surface area contributed by atoms with Crippen LogP contribution >= 0.6 is 12.2 Å². The minimum absolute atomic E-state index is 0.0739. The molecule has 3 N–H and O–H groups in total. The van der Waals surface area contributed by atoms with E-state index in [0.717, 1.165) is 25.7 Å². The molecule has 0 heterocycles. The number of unbranched alkanes of at least 4 members (excludes halogenated alkanes) is 4. The minimum atomic E-state index is -0.387. The molecule has 0 radical (unpaired) electrons. The fourth-order valence-electron chi connectivity index (χ4n) is 2.55. The maximum absolute atomic E-state index is 11.8. The van der Waals surface area contributed by atoms with E-state index in [-0.39, 0.29) is 23.5 Å². The van der Waals surface area contributed by atoms with Crippen LogP contribution in [0.4, 0.5) is 0 Å². The van der Waals surface area contributed by atoms with E-state index in [1.807, 2.05) is 24.3 Å². The quantitative estimate of drug-likeness (QED) is 0.294. The highest BCUT2D eigenvalue weighted by atomic mass is 32.1. The van der Waals surface area contributed by atoms with Crippen LogP contribution in [0, 0.1) is 0 Å². The van der Waals surface area contributed by atoms with Crippen molar-refractivity contribution in [3.05, 3.63) is 29.8 Å². The number of carbonyl (C=O) groups is 2. The normalized spacial score (nSPS) is 11.4. The molecule has 1 atom stereocenters. The maximum atomic E-state index is 11.8. The molecule has 0 spiro atoms. The fourth-order valence-corrected chi connectivity index (χ4v) is 2.71. The monoisotopic (exact) mass is 407 g/mol. The lowest BCUT2D eigenvalue weighted by Crippen LogP contribution is -2.49. The van der Waals surface area contributed by atoms with Crippen LogP contribution in [0.5, 0.6) is 5.75 Å². The largest absolute Gasteiger partial charge is 0.484 e. The Labute approximate surface area is 173 Å². The lowest BCUT2D eigenvalue weighted by atomic mass is 9.99. The Morgan fingerprint density at radius 2 is 1.68 bits per heavy atom. The third-order valence-electron chi connectivity index (χ3n) is 4.51. The fraction of sp³-hybridized carbons (Fsp3) is 0.571. The van der Waals surface area contributed by atoms with Crippen molar-refractivity contribution >= 4 is 29.1 Å². The highest BCUT2D eigenvalue weighted by Crippen LogP contribution is 2.21. The van der Waals surface area contributed by atoms with Gasteiger partial charge in [0.1, 0.15) is 5.75 Å². The van der Waals surface area contributed by atoms with Crippen molar-refractivity contribution in [2.45, 2.75) is 71.6 Å². The molecule has 0 fully saturated rings. The molecule has 0 aliphatic rings. The van der Waals surface area contributed by atoms with Crippen LogP contribution in [0.1, 0.15) is 77.2 Å². The van der Waals surface area contributed by atoms with Crippen molar-refractivity contribution in [3.63, 3.8) is 0 Å². The van der Waals surface area contributed by atoms with Gasteiger partial charge >= 0.3 is 0 Å². The van der Waals surface area contributed by atoms with Gasteiger partial charge in [-0.05, 0) is 48.7 Å². The second-order valence-corrected chi connectivity index (χ2v) is 7.29. The summed E-state index contributed by atoms with van der Waals surface area (Å²) in [7, 11) is 0. The van der Waals surface area contributed by atoms with Crippen molar-refractivity contribution in [1.29, 1.82) is 0 Å². The van der Waals surface area contributed by atoms with Crippen molar-refractivity contribution < 1.29 is 14.3 Å². The number of hydrazine groups is 1. The van der Waals surface area contributed by atoms with E-state index in [1.54, 1.807) is 0 Å². The smallest absolute Gasteiger partial charge is 0.276 e. The van der Waals surface area contributed by atoms with Gasteiger partial charge < -0.3 is 10.1 Å². The molecule has 2 amide bonds. The SMILES string of the molecule is CCCCCCCC(=O)NC(=S)NNC(=O)COc1ccc(C(C)CC)cc1. The summed E-state index contributed by atoms with van der Waals surface area (Å²) in [6.45, 7) is 6.32. The van der Waals surface area contributed by atoms with Crippen LogP contribution in [0.2, 0.25) is 0 Å². The van der Waals surface area contributed by atoms with Gasteiger partial charge in [-0.15, -0.1) is 0 Å². The number of hydrogen-bond donors (Lipinski definition) is 3. The first kappa shape index (κ1) is 23.9. The standard InChI is InChI=1S/C21H33N3O3S/c1-4-6-7-8-9-10-19(25)22-21(28)24-23-20(26)15-27-18-13-11-17(12-14-18)16(3)5-2/h11-14,16H,4-10,15H2,1-3H3,(H,23,26)(H2,22,24,25,28). The molecule has 1 aromatic carbocycles. The Morgan fingerprint density at radius 3 is 2.32 bits per heavy atom. The van der Waals surface area contributed by atoms with Crippen LogP contribution < -0.4 is 20.9 Å². The zero-order valence-corrected chi connectivity index (χ0v) is 18.0. The zero-order valence-electron chi connectivity index (χ0n) is 17.2. The summed E-state index contributed by atoms with van der Waals surface area (Å²) in [5.41, 5.74) is 6.17. The lowest BCUT2D eigenvalue weighted by molar-refractivity contribution is -0.124. The van der Waals surface area contributed by atoms with Crippen molar-refractivity contribution in [3.8, 4) is 5.75 Å². The topological polar surface area (TPSA) is 79.5 Å². The van der Waals surface area contributed by atoms with Crippen LogP contribution in [0.3, 0.4) is 0 Å². The number of nitrogens with one attached hydrogen (secondary N) is 3. The van der Waals surface area contributed by atoms with Crippen LogP contribution in [0.25, 0.3) is 0 Å². The molecule has 0 saturated heterocycles. The molecule has 7 heteroatoms. The zero-order chi connectivity index (χ0) is 20.8. The molecule has 0 aromatic heterocycles. The van der Waals surface area contributed by atoms with E-state index < -0.39 is 0 Å². The van der Waals surface area contributed by atoms with Crippen LogP contribution in [-0.4, -0.2) is 23.5 Å². The highest BCUT2D eigenvalue weighted by Gasteiger charge is 2.07. The van der Waals surface area contributed by atoms with E-state index in [0.29, 0.717) is 18.1 Å². The number of rotatable bonds is 11. The van der Waals surface area contributed by atoms with Crippen LogP contribution in [-0.2, 0) is 9.59 Å². The van der Waals surface area contributed by atoms with Gasteiger partial charge in [0.15, 0.2) is 11.7 Å². The molecule has 1 rings (SSSR count). The number of amides is 2. The van der Waals surface area contributed by atoms with Gasteiger partial charge in [-0.2, -0.15) is 0 Å². The first-order valence-electron chi connectivity index (χ1n) is 10.1. The van der Waals surface area contributed by atoms with Gasteiger partial charge in [-0.1, -0.05) is 58.6 Å². The Morgan fingerprint density at radius 1 is 1.00 bits per heavy atom. The third-order valence-corrected chi connectivity index (χ3v) is 4.71. The average Bonchev–Trinajstić information content (AvgIpc) is 2.70. The van der Waals surface area contributed by atoms with Crippen molar-refractivity contribution in [2.75, 3.05) is 6.61 Å². The predicted molar refractivity (Wildman–Crippen MR) is 116 cm³/mol. The second kappa shape index (κ2) is 13.9. The molecule has 0 aliphatic heterocycles. The predicted octanol–water partition coefficient (Wildman–Crippen LogP) is 3.96. The number of ether oxygens (including phenoxy) is 1. The van der Waals surface area contributed by atoms with Gasteiger partial charge in [0.05, 0.1) is 0 Å². The van der Waals surface area contributed by atoms with Gasteiger partial charge in [-0.25, -0.2) is 0 Å². The highest BCUT2D eigenvalue weighted by molar-refractivity contribution is 7.80. The lowest BCUT2D eigenvalue weighted by Gasteiger charge is -2.12. The number of benzene rings is 1. The summed E-state index contributed by atoms with van der Waals surface area (Å²) in [6.07, 6.45) is 6.88. The molecule has 6 nitrogen and oxygen atoms in total. The summed E-state index contributed by atoms with van der Waals surface area (Å²) in [5.74, 6) is 0.582. The maximum Gasteiger partial charge on any atom is 0.276 e. The minimum Gasteiger partial charge on any atom is -0.484 e. The molecule has 0 aliphatic carbocycles. The van der Waals surface area contributed by atoms with Crippen LogP contribution in [0.15, 0.2) is 24.3 Å². The summed E-state index contributed by atoms with van der Waals surface area (Å²) < 4.78 is 5.45. The first-order valence-corrected chi connectivity index (χ1v) is 10.5. The molecular formula is C21H33N3O3S. The molecule has 0 bridgehead atoms. The molecule has 156 valence electrons. The van der Waals surface area contributed by atoms with Gasteiger partial charge in [0, 0.05) is 6.42 Å². The average molecular weight is 408 g/mol. The van der Waals surface area contributed by atoms with E-state index in [9.17, 15) is 9.59 Å². The molecule has 1 aromatic rings. The van der Waals surface area contributed by atoms with E-state index >= 15 is 0 Å². The second-order valence-electron chi connectivity index (χ2n) is 6.88. The summed E-state index contributed by atoms with van der Waals surface area (Å²) in [5, 5.41) is 2.62. The first-order chi connectivity index (χ1) is 13.5. The Bertz CT molecular complexity index is 620. The number of carbonyl (C=O) groups excluding carboxylic acids is 2. The molecular weight excluding hydrogens is 374 g/mol. The Kier molecular flexibility index (Phi) is 11.9. The van der Waals surface area contributed by atoms with Gasteiger partial charge in [-0.3, -0.25) is 20.4 Å².